The average Bonchev–Trinajstić information content (AvgIpc) is 2.83. The van der Waals surface area contributed by atoms with Gasteiger partial charge in [-0.2, -0.15) is 0 Å². The summed E-state index contributed by atoms with van der Waals surface area (Å²) in [6, 6.07) is 19.2. The van der Waals surface area contributed by atoms with E-state index in [0.29, 0.717) is 35.2 Å². The Kier molecular flexibility index (Phi) is 9.49. The molecule has 6 heteroatoms. The molecule has 0 amide bonds. The van der Waals surface area contributed by atoms with Gasteiger partial charge in [-0.05, 0) is 81.8 Å². The molecule has 0 unspecified atom stereocenters. The molecule has 35 heavy (non-hydrogen) atoms. The third kappa shape index (κ3) is 7.43. The van der Waals surface area contributed by atoms with Crippen molar-refractivity contribution in [2.24, 2.45) is 0 Å². The highest BCUT2D eigenvalue weighted by atomic mass is 35.5. The molecule has 0 aliphatic heterocycles. The van der Waals surface area contributed by atoms with Gasteiger partial charge in [0.1, 0.15) is 18.1 Å². The molecule has 0 aliphatic carbocycles. The van der Waals surface area contributed by atoms with Gasteiger partial charge >= 0.3 is 0 Å². The Hall–Kier alpha value is -3.12. The van der Waals surface area contributed by atoms with Gasteiger partial charge in [-0.3, -0.25) is 4.79 Å². The number of carbonyl (C=O) groups excluding carboxylic acids is 1. The summed E-state index contributed by atoms with van der Waals surface area (Å²) in [6.07, 6.45) is 3.41. The molecule has 0 bridgehead atoms. The van der Waals surface area contributed by atoms with E-state index < -0.39 is 0 Å². The molecule has 0 aromatic heterocycles. The minimum atomic E-state index is -0.0943. The molecule has 0 saturated carbocycles. The zero-order valence-corrected chi connectivity index (χ0v) is 21.8. The first-order valence-corrected chi connectivity index (χ1v) is 11.9. The molecule has 3 aromatic carbocycles. The van der Waals surface area contributed by atoms with Crippen LogP contribution in [0.5, 0.6) is 11.5 Å². The first-order valence-electron chi connectivity index (χ1n) is 11.5. The number of ether oxygens (including phenoxy) is 2. The molecule has 0 heterocycles. The van der Waals surface area contributed by atoms with Crippen LogP contribution in [0.25, 0.3) is 17.2 Å². The van der Waals surface area contributed by atoms with Crippen LogP contribution >= 0.6 is 11.6 Å². The first-order chi connectivity index (χ1) is 16.8. The zero-order chi connectivity index (χ0) is 25.4. The second kappa shape index (κ2) is 12.5. The monoisotopic (exact) mass is 492 g/mol. The van der Waals surface area contributed by atoms with E-state index in [0.717, 1.165) is 28.8 Å². The van der Waals surface area contributed by atoms with Crippen molar-refractivity contribution in [2.75, 3.05) is 48.5 Å². The van der Waals surface area contributed by atoms with Crippen molar-refractivity contribution in [2.45, 2.75) is 6.54 Å². The molecule has 0 atom stereocenters. The number of benzene rings is 3. The lowest BCUT2D eigenvalue weighted by Crippen LogP contribution is -2.19. The third-order valence-corrected chi connectivity index (χ3v) is 5.80. The number of halogens is 1. The Morgan fingerprint density at radius 2 is 1.74 bits per heavy atom. The zero-order valence-electron chi connectivity index (χ0n) is 21.0. The highest BCUT2D eigenvalue weighted by Crippen LogP contribution is 2.32. The second-order valence-electron chi connectivity index (χ2n) is 8.84. The smallest absolute Gasteiger partial charge is 0.186 e. The number of methoxy groups -OCH3 is 1. The molecule has 0 aliphatic rings. The van der Waals surface area contributed by atoms with Crippen molar-refractivity contribution >= 4 is 23.5 Å². The predicted octanol–water partition coefficient (Wildman–Crippen LogP) is 5.91. The van der Waals surface area contributed by atoms with E-state index in [4.69, 9.17) is 21.1 Å². The number of allylic oxidation sites excluding steroid dienone is 1. The number of nitrogens with zero attached hydrogens (tertiary/aromatic N) is 2. The van der Waals surface area contributed by atoms with E-state index in [-0.39, 0.29) is 5.78 Å². The molecule has 0 saturated heterocycles. The van der Waals surface area contributed by atoms with Crippen LogP contribution in [0.2, 0.25) is 5.02 Å². The van der Waals surface area contributed by atoms with Crippen molar-refractivity contribution in [1.82, 2.24) is 9.80 Å². The van der Waals surface area contributed by atoms with Gasteiger partial charge in [0.2, 0.25) is 0 Å². The van der Waals surface area contributed by atoms with Crippen LogP contribution in [0.3, 0.4) is 0 Å². The minimum Gasteiger partial charge on any atom is -0.497 e. The highest BCUT2D eigenvalue weighted by Gasteiger charge is 2.13. The fourth-order valence-electron chi connectivity index (χ4n) is 3.66. The van der Waals surface area contributed by atoms with Crippen LogP contribution in [0, 0.1) is 0 Å². The molecule has 0 N–H and O–H groups in total. The summed E-state index contributed by atoms with van der Waals surface area (Å²) >= 11 is 6.44. The van der Waals surface area contributed by atoms with E-state index in [1.165, 1.54) is 0 Å². The molecule has 0 radical (unpaired) electrons. The van der Waals surface area contributed by atoms with Crippen LogP contribution in [-0.4, -0.2) is 64.0 Å². The number of carbonyl (C=O) groups is 1. The Labute approximate surface area is 213 Å². The Morgan fingerprint density at radius 1 is 0.971 bits per heavy atom. The number of likely N-dealkylation sites (N-methyl/N-ethyl adjacent to an activating group) is 1. The van der Waals surface area contributed by atoms with Crippen molar-refractivity contribution in [1.29, 1.82) is 0 Å². The van der Waals surface area contributed by atoms with Crippen molar-refractivity contribution in [3.8, 4) is 22.6 Å². The van der Waals surface area contributed by atoms with Crippen LogP contribution < -0.4 is 9.47 Å². The third-order valence-electron chi connectivity index (χ3n) is 5.47. The lowest BCUT2D eigenvalue weighted by molar-refractivity contribution is 0.104. The molecule has 184 valence electrons. The lowest BCUT2D eigenvalue weighted by Gasteiger charge is -2.15. The van der Waals surface area contributed by atoms with E-state index in [1.807, 2.05) is 93.8 Å². The van der Waals surface area contributed by atoms with Gasteiger partial charge in [-0.1, -0.05) is 41.9 Å². The van der Waals surface area contributed by atoms with E-state index in [9.17, 15) is 4.79 Å². The van der Waals surface area contributed by atoms with Crippen LogP contribution in [0.15, 0.2) is 66.7 Å². The summed E-state index contributed by atoms with van der Waals surface area (Å²) < 4.78 is 11.4. The summed E-state index contributed by atoms with van der Waals surface area (Å²) in [6.45, 7) is 1.97. The summed E-state index contributed by atoms with van der Waals surface area (Å²) in [5, 5.41) is 0.671. The first kappa shape index (κ1) is 26.5. The van der Waals surface area contributed by atoms with Crippen molar-refractivity contribution in [3.05, 3.63) is 88.5 Å². The highest BCUT2D eigenvalue weighted by molar-refractivity contribution is 6.33. The van der Waals surface area contributed by atoms with E-state index in [1.54, 1.807) is 19.3 Å². The SMILES string of the molecule is COc1ccc(CN(C)C)c(C(=O)C=Cc2cc(-c3ccccc3Cl)ccc2OCCN(C)C)c1. The van der Waals surface area contributed by atoms with Crippen LogP contribution in [0.4, 0.5) is 0 Å². The van der Waals surface area contributed by atoms with Gasteiger partial charge in [-0.25, -0.2) is 0 Å². The van der Waals surface area contributed by atoms with E-state index >= 15 is 0 Å². The van der Waals surface area contributed by atoms with Crippen LogP contribution in [0.1, 0.15) is 21.5 Å². The summed E-state index contributed by atoms with van der Waals surface area (Å²) in [7, 11) is 9.56. The molecular formula is C29H33ClN2O3. The quantitative estimate of drug-likeness (QED) is 0.246. The molecule has 5 nitrogen and oxygen atoms in total. The number of hydrogen-bond acceptors (Lipinski definition) is 5. The number of rotatable bonds is 11. The fraction of sp³-hybridized carbons (Fsp3) is 0.276. The number of hydrogen-bond donors (Lipinski definition) is 0. The fourth-order valence-corrected chi connectivity index (χ4v) is 3.90. The van der Waals surface area contributed by atoms with Crippen LogP contribution in [-0.2, 0) is 6.54 Å². The van der Waals surface area contributed by atoms with Gasteiger partial charge in [0.15, 0.2) is 5.78 Å². The number of ketones is 1. The average molecular weight is 493 g/mol. The summed E-state index contributed by atoms with van der Waals surface area (Å²) in [4.78, 5) is 17.4. The summed E-state index contributed by atoms with van der Waals surface area (Å²) in [5.74, 6) is 1.27. The topological polar surface area (TPSA) is 42.0 Å². The van der Waals surface area contributed by atoms with Crippen molar-refractivity contribution < 1.29 is 14.3 Å². The standard InChI is InChI=1S/C29H33ClN2O3/c1-31(2)16-17-35-29-15-12-21(25-8-6-7-9-27(25)30)18-22(29)11-14-28(33)26-19-24(34-5)13-10-23(26)20-32(3)4/h6-15,18-19H,16-17,20H2,1-5H3. The molecular weight excluding hydrogens is 460 g/mol. The largest absolute Gasteiger partial charge is 0.497 e. The summed E-state index contributed by atoms with van der Waals surface area (Å²) in [5.41, 5.74) is 4.25. The maximum absolute atomic E-state index is 13.3. The second-order valence-corrected chi connectivity index (χ2v) is 9.25. The lowest BCUT2D eigenvalue weighted by atomic mass is 9.99. The molecule has 0 spiro atoms. The van der Waals surface area contributed by atoms with Crippen molar-refractivity contribution in [3.63, 3.8) is 0 Å². The molecule has 3 aromatic rings. The van der Waals surface area contributed by atoms with Gasteiger partial charge in [0.25, 0.3) is 0 Å². The maximum Gasteiger partial charge on any atom is 0.186 e. The predicted molar refractivity (Wildman–Crippen MR) is 145 cm³/mol. The Balaban J connectivity index is 1.97. The van der Waals surface area contributed by atoms with Gasteiger partial charge in [0, 0.05) is 34.8 Å². The van der Waals surface area contributed by atoms with Gasteiger partial charge in [-0.15, -0.1) is 0 Å². The normalized spacial score (nSPS) is 11.4. The van der Waals surface area contributed by atoms with Gasteiger partial charge in [0.05, 0.1) is 7.11 Å². The Bertz CT molecular complexity index is 1190. The Morgan fingerprint density at radius 3 is 2.43 bits per heavy atom. The molecule has 3 rings (SSSR count). The van der Waals surface area contributed by atoms with E-state index in [2.05, 4.69) is 4.90 Å². The van der Waals surface area contributed by atoms with Gasteiger partial charge < -0.3 is 19.3 Å². The molecule has 0 fully saturated rings. The maximum atomic E-state index is 13.3. The minimum absolute atomic E-state index is 0.0943.